The van der Waals surface area contributed by atoms with E-state index in [1.54, 1.807) is 0 Å². The van der Waals surface area contributed by atoms with Crippen LogP contribution in [0.5, 0.6) is 0 Å². The Kier molecular flexibility index (Phi) is 9.47. The fourth-order valence-electron chi connectivity index (χ4n) is 4.00. The molecule has 2 fully saturated rings. The minimum absolute atomic E-state index is 0.206. The Balaban J connectivity index is 1.45. The predicted molar refractivity (Wildman–Crippen MR) is 118 cm³/mol. The SMILES string of the molecule is CC(C)(C)[Si](C)(C)OCC(O)CCCCCCCC1COC2(CCCCC2)O1. The molecule has 2 rings (SSSR count). The Morgan fingerprint density at radius 2 is 1.68 bits per heavy atom. The molecule has 1 saturated carbocycles. The maximum Gasteiger partial charge on any atom is 0.192 e. The van der Waals surface area contributed by atoms with Crippen molar-refractivity contribution in [3.8, 4) is 0 Å². The van der Waals surface area contributed by atoms with Crippen molar-refractivity contribution in [1.29, 1.82) is 0 Å². The Hall–Kier alpha value is 0.0569. The summed E-state index contributed by atoms with van der Waals surface area (Å²) in [6.45, 7) is 12.5. The van der Waals surface area contributed by atoms with E-state index >= 15 is 0 Å². The Morgan fingerprint density at radius 1 is 1.04 bits per heavy atom. The maximum atomic E-state index is 10.2. The lowest BCUT2D eigenvalue weighted by molar-refractivity contribution is -0.187. The van der Waals surface area contributed by atoms with Crippen molar-refractivity contribution >= 4 is 8.32 Å². The molecule has 0 bridgehead atoms. The second kappa shape index (κ2) is 10.9. The van der Waals surface area contributed by atoms with E-state index in [9.17, 15) is 5.11 Å². The third kappa shape index (κ3) is 7.71. The van der Waals surface area contributed by atoms with E-state index < -0.39 is 8.32 Å². The lowest BCUT2D eigenvalue weighted by atomic mass is 9.94. The van der Waals surface area contributed by atoms with Crippen LogP contribution in [0.3, 0.4) is 0 Å². The normalized spacial score (nSPS) is 24.0. The van der Waals surface area contributed by atoms with Gasteiger partial charge in [0, 0.05) is 12.8 Å². The van der Waals surface area contributed by atoms with Gasteiger partial charge < -0.3 is 19.0 Å². The molecule has 0 aromatic rings. The molecule has 2 atom stereocenters. The quantitative estimate of drug-likeness (QED) is 0.324. The van der Waals surface area contributed by atoms with Crippen LogP contribution in [0, 0.1) is 0 Å². The molecular formula is C23H46O4Si. The topological polar surface area (TPSA) is 47.9 Å². The van der Waals surface area contributed by atoms with E-state index in [1.165, 1.54) is 44.9 Å². The molecule has 28 heavy (non-hydrogen) atoms. The number of aliphatic hydroxyl groups is 1. The van der Waals surface area contributed by atoms with Crippen molar-refractivity contribution in [3.05, 3.63) is 0 Å². The van der Waals surface area contributed by atoms with Crippen molar-refractivity contribution in [3.63, 3.8) is 0 Å². The first-order chi connectivity index (χ1) is 13.1. The third-order valence-corrected chi connectivity index (χ3v) is 11.5. The Labute approximate surface area is 174 Å². The molecule has 5 heteroatoms. The zero-order valence-electron chi connectivity index (χ0n) is 19.2. The van der Waals surface area contributed by atoms with Gasteiger partial charge in [-0.2, -0.15) is 0 Å². The van der Waals surface area contributed by atoms with E-state index in [1.807, 2.05) is 0 Å². The summed E-state index contributed by atoms with van der Waals surface area (Å²) in [5.41, 5.74) is 0. The van der Waals surface area contributed by atoms with Gasteiger partial charge in [0.2, 0.25) is 0 Å². The Morgan fingerprint density at radius 3 is 2.36 bits per heavy atom. The van der Waals surface area contributed by atoms with Crippen molar-refractivity contribution < 1.29 is 19.0 Å². The van der Waals surface area contributed by atoms with E-state index in [-0.39, 0.29) is 16.9 Å². The van der Waals surface area contributed by atoms with Gasteiger partial charge >= 0.3 is 0 Å². The van der Waals surface area contributed by atoms with E-state index in [0.717, 1.165) is 38.7 Å². The molecule has 1 spiro atoms. The molecule has 166 valence electrons. The van der Waals surface area contributed by atoms with Crippen LogP contribution in [0.1, 0.15) is 97.8 Å². The highest BCUT2D eigenvalue weighted by atomic mass is 28.4. The number of aliphatic hydroxyl groups excluding tert-OH is 1. The molecular weight excluding hydrogens is 368 g/mol. The lowest BCUT2D eigenvalue weighted by Gasteiger charge is -2.36. The third-order valence-electron chi connectivity index (χ3n) is 7.04. The van der Waals surface area contributed by atoms with Gasteiger partial charge in [-0.05, 0) is 43.8 Å². The smallest absolute Gasteiger partial charge is 0.192 e. The molecule has 0 amide bonds. The second-order valence-electron chi connectivity index (χ2n) is 10.6. The molecule has 2 unspecified atom stereocenters. The van der Waals surface area contributed by atoms with Crippen LogP contribution in [-0.4, -0.2) is 44.6 Å². The number of rotatable bonds is 11. The largest absolute Gasteiger partial charge is 0.414 e. The lowest BCUT2D eigenvalue weighted by Crippen LogP contribution is -2.42. The van der Waals surface area contributed by atoms with Gasteiger partial charge in [0.1, 0.15) is 0 Å². The molecule has 0 aromatic carbocycles. The van der Waals surface area contributed by atoms with Gasteiger partial charge in [-0.25, -0.2) is 0 Å². The van der Waals surface area contributed by atoms with Crippen LogP contribution < -0.4 is 0 Å². The molecule has 0 radical (unpaired) electrons. The molecule has 1 heterocycles. The fourth-order valence-corrected chi connectivity index (χ4v) is 5.04. The standard InChI is InChI=1S/C23H46O4Si/c1-22(2,3)28(4,5)26-18-20(24)14-10-7-6-8-11-15-21-19-25-23(27-21)16-12-9-13-17-23/h20-21,24H,6-19H2,1-5H3. The zero-order valence-corrected chi connectivity index (χ0v) is 20.2. The number of hydrogen-bond acceptors (Lipinski definition) is 4. The van der Waals surface area contributed by atoms with Crippen LogP contribution in [0.15, 0.2) is 0 Å². The van der Waals surface area contributed by atoms with Crippen molar-refractivity contribution in [2.24, 2.45) is 0 Å². The average Bonchev–Trinajstić information content (AvgIpc) is 3.01. The summed E-state index contributed by atoms with van der Waals surface area (Å²) in [6.07, 6.45) is 14.0. The molecule has 1 N–H and O–H groups in total. The number of ether oxygens (including phenoxy) is 2. The summed E-state index contributed by atoms with van der Waals surface area (Å²) < 4.78 is 18.4. The van der Waals surface area contributed by atoms with Gasteiger partial charge in [-0.1, -0.05) is 59.3 Å². The molecule has 1 aliphatic carbocycles. The van der Waals surface area contributed by atoms with Crippen molar-refractivity contribution in [2.75, 3.05) is 13.2 Å². The van der Waals surface area contributed by atoms with Gasteiger partial charge in [0.05, 0.1) is 25.4 Å². The van der Waals surface area contributed by atoms with E-state index in [2.05, 4.69) is 33.9 Å². The van der Waals surface area contributed by atoms with Gasteiger partial charge in [0.25, 0.3) is 0 Å². The van der Waals surface area contributed by atoms with Gasteiger partial charge in [-0.3, -0.25) is 0 Å². The first-order valence-electron chi connectivity index (χ1n) is 11.8. The summed E-state index contributed by atoms with van der Waals surface area (Å²) in [6, 6.07) is 0. The molecule has 2 aliphatic rings. The van der Waals surface area contributed by atoms with Crippen molar-refractivity contribution in [1.82, 2.24) is 0 Å². The van der Waals surface area contributed by atoms with Crippen molar-refractivity contribution in [2.45, 2.75) is 134 Å². The van der Waals surface area contributed by atoms with Crippen LogP contribution in [0.4, 0.5) is 0 Å². The minimum Gasteiger partial charge on any atom is -0.414 e. The van der Waals surface area contributed by atoms with Crippen LogP contribution >= 0.6 is 0 Å². The number of unbranched alkanes of at least 4 members (excludes halogenated alkanes) is 4. The van der Waals surface area contributed by atoms with E-state index in [0.29, 0.717) is 12.7 Å². The first-order valence-corrected chi connectivity index (χ1v) is 14.7. The van der Waals surface area contributed by atoms with Gasteiger partial charge in [-0.15, -0.1) is 0 Å². The monoisotopic (exact) mass is 414 g/mol. The highest BCUT2D eigenvalue weighted by molar-refractivity contribution is 6.74. The summed E-state index contributed by atoms with van der Waals surface area (Å²) in [7, 11) is -1.74. The summed E-state index contributed by atoms with van der Waals surface area (Å²) in [4.78, 5) is 0. The van der Waals surface area contributed by atoms with Crippen LogP contribution in [0.2, 0.25) is 18.1 Å². The first kappa shape index (κ1) is 24.3. The molecule has 1 aliphatic heterocycles. The Bertz CT molecular complexity index is 440. The summed E-state index contributed by atoms with van der Waals surface area (Å²) in [5, 5.41) is 10.4. The van der Waals surface area contributed by atoms with Crippen LogP contribution in [-0.2, 0) is 13.9 Å². The van der Waals surface area contributed by atoms with Gasteiger partial charge in [0.15, 0.2) is 14.1 Å². The molecule has 0 aromatic heterocycles. The minimum atomic E-state index is -1.74. The molecule has 1 saturated heterocycles. The average molecular weight is 415 g/mol. The van der Waals surface area contributed by atoms with E-state index in [4.69, 9.17) is 13.9 Å². The summed E-state index contributed by atoms with van der Waals surface area (Å²) >= 11 is 0. The second-order valence-corrected chi connectivity index (χ2v) is 15.4. The van der Waals surface area contributed by atoms with Crippen LogP contribution in [0.25, 0.3) is 0 Å². The fraction of sp³-hybridized carbons (Fsp3) is 1.00. The highest BCUT2D eigenvalue weighted by Gasteiger charge is 2.41. The molecule has 4 nitrogen and oxygen atoms in total. The maximum absolute atomic E-state index is 10.2. The number of hydrogen-bond donors (Lipinski definition) is 1. The zero-order chi connectivity index (χ0) is 20.7. The summed E-state index contributed by atoms with van der Waals surface area (Å²) in [5.74, 6) is -0.217. The highest BCUT2D eigenvalue weighted by Crippen LogP contribution is 2.39. The predicted octanol–water partition coefficient (Wildman–Crippen LogP) is 6.18.